The number of aromatic nitrogens is 2. The Balaban J connectivity index is 1.33. The second kappa shape index (κ2) is 9.95. The number of fused-ring (bicyclic) bond motifs is 3. The van der Waals surface area contributed by atoms with Crippen molar-refractivity contribution in [3.05, 3.63) is 21.6 Å². The highest BCUT2D eigenvalue weighted by molar-refractivity contribution is 8.00. The molecule has 3 saturated heterocycles. The highest BCUT2D eigenvalue weighted by atomic mass is 32.2. The fraction of sp³-hybridized carbons (Fsp3) is 0.593. The van der Waals surface area contributed by atoms with Crippen LogP contribution in [0.1, 0.15) is 54.2 Å². The number of nitrogens with two attached hydrogens (primary N) is 1. The molecule has 6 heterocycles. The molecule has 0 aromatic carbocycles. The number of alkyl halides is 1. The maximum absolute atomic E-state index is 14.3. The zero-order valence-electron chi connectivity index (χ0n) is 22.5. The second-order valence-corrected chi connectivity index (χ2v) is 13.7. The molecule has 2 N–H and O–H groups in total. The summed E-state index contributed by atoms with van der Waals surface area (Å²) in [6.07, 6.45) is 1.69. The zero-order chi connectivity index (χ0) is 28.2. The molecule has 2 aromatic rings. The van der Waals surface area contributed by atoms with Crippen molar-refractivity contribution in [2.75, 3.05) is 55.4 Å². The molecule has 1 unspecified atom stereocenters. The molecule has 3 fully saturated rings. The van der Waals surface area contributed by atoms with E-state index in [1.54, 1.807) is 11.8 Å². The van der Waals surface area contributed by atoms with E-state index in [-0.39, 0.29) is 35.4 Å². The van der Waals surface area contributed by atoms with Crippen molar-refractivity contribution in [2.45, 2.75) is 60.9 Å². The van der Waals surface area contributed by atoms with E-state index in [0.29, 0.717) is 53.8 Å². The van der Waals surface area contributed by atoms with Crippen LogP contribution in [0.5, 0.6) is 6.01 Å². The first-order valence-corrected chi connectivity index (χ1v) is 15.2. The first kappa shape index (κ1) is 26.9. The standard InChI is InChI=1S/C27H30FN9OS2/c1-16(4-6-29)35(2)23-19(10-31)24(34-25(33-23)38-15-26-5-3-7-37(26)11-17(28)8-26)36-13-27(14-36)21-18(9-30)22(32)40-20(21)12-39-27/h16-17H,3-5,7-8,11-15,32H2,1-2H3/t16?,17-,26+/m1/s1. The number of nitrogen functional groups attached to an aromatic ring is 1. The first-order valence-electron chi connectivity index (χ1n) is 13.4. The van der Waals surface area contributed by atoms with E-state index >= 15 is 0 Å². The van der Waals surface area contributed by atoms with E-state index in [4.69, 9.17) is 15.5 Å². The lowest BCUT2D eigenvalue weighted by molar-refractivity contribution is 0.107. The minimum Gasteiger partial charge on any atom is -0.461 e. The Morgan fingerprint density at radius 3 is 2.75 bits per heavy atom. The van der Waals surface area contributed by atoms with Crippen LogP contribution in [0.25, 0.3) is 0 Å². The topological polar surface area (TPSA) is 142 Å². The fourth-order valence-corrected chi connectivity index (χ4v) is 9.44. The van der Waals surface area contributed by atoms with Crippen molar-refractivity contribution in [1.29, 1.82) is 15.8 Å². The summed E-state index contributed by atoms with van der Waals surface area (Å²) in [5.74, 6) is 1.67. The molecule has 1 spiro atoms. The first-order chi connectivity index (χ1) is 19.2. The molecule has 40 heavy (non-hydrogen) atoms. The Hall–Kier alpha value is -3.31. The fourth-order valence-electron chi connectivity index (χ4n) is 6.63. The lowest BCUT2D eigenvalue weighted by atomic mass is 9.88. The summed E-state index contributed by atoms with van der Waals surface area (Å²) in [4.78, 5) is 16.6. The summed E-state index contributed by atoms with van der Waals surface area (Å²) in [7, 11) is 1.81. The predicted molar refractivity (Wildman–Crippen MR) is 152 cm³/mol. The van der Waals surface area contributed by atoms with Gasteiger partial charge in [0.25, 0.3) is 0 Å². The van der Waals surface area contributed by atoms with Gasteiger partial charge >= 0.3 is 6.01 Å². The van der Waals surface area contributed by atoms with Crippen LogP contribution in [-0.2, 0) is 10.5 Å². The van der Waals surface area contributed by atoms with Crippen molar-refractivity contribution in [2.24, 2.45) is 0 Å². The largest absolute Gasteiger partial charge is 0.461 e. The summed E-state index contributed by atoms with van der Waals surface area (Å²) in [5.41, 5.74) is 7.68. The lowest BCUT2D eigenvalue weighted by Crippen LogP contribution is -2.57. The number of thiophene rings is 1. The molecule has 6 rings (SSSR count). The third kappa shape index (κ3) is 4.13. The molecule has 4 aliphatic heterocycles. The number of halogens is 1. The van der Waals surface area contributed by atoms with Gasteiger partial charge in [0.15, 0.2) is 11.6 Å². The Labute approximate surface area is 241 Å². The molecule has 0 aliphatic carbocycles. The van der Waals surface area contributed by atoms with Gasteiger partial charge in [0.05, 0.1) is 28.3 Å². The molecule has 2 aromatic heterocycles. The Kier molecular flexibility index (Phi) is 6.69. The van der Waals surface area contributed by atoms with Crippen LogP contribution in [-0.4, -0.2) is 72.5 Å². The zero-order valence-corrected chi connectivity index (χ0v) is 24.1. The number of nitriles is 3. The van der Waals surface area contributed by atoms with E-state index < -0.39 is 6.17 Å². The van der Waals surface area contributed by atoms with Crippen molar-refractivity contribution in [3.63, 3.8) is 0 Å². The summed E-state index contributed by atoms with van der Waals surface area (Å²) in [6.45, 7) is 4.60. The minimum atomic E-state index is -0.870. The van der Waals surface area contributed by atoms with Crippen molar-refractivity contribution in [3.8, 4) is 24.2 Å². The number of hydrogen-bond donors (Lipinski definition) is 1. The number of hydrogen-bond acceptors (Lipinski definition) is 12. The molecule has 0 saturated carbocycles. The van der Waals surface area contributed by atoms with E-state index in [2.05, 4.69) is 28.1 Å². The van der Waals surface area contributed by atoms with Gasteiger partial charge in [0.1, 0.15) is 35.5 Å². The van der Waals surface area contributed by atoms with Crippen LogP contribution in [0.2, 0.25) is 0 Å². The molecule has 0 amide bonds. The van der Waals surface area contributed by atoms with Gasteiger partial charge in [-0.2, -0.15) is 25.8 Å². The highest BCUT2D eigenvalue weighted by Gasteiger charge is 2.53. The van der Waals surface area contributed by atoms with Crippen LogP contribution >= 0.6 is 23.1 Å². The molecule has 0 bridgehead atoms. The summed E-state index contributed by atoms with van der Waals surface area (Å²) in [6, 6.07) is 6.72. The van der Waals surface area contributed by atoms with Crippen molar-refractivity contribution in [1.82, 2.24) is 14.9 Å². The van der Waals surface area contributed by atoms with Gasteiger partial charge in [-0.05, 0) is 26.3 Å². The highest BCUT2D eigenvalue weighted by Crippen LogP contribution is 2.58. The number of nitrogens with zero attached hydrogens (tertiary/aromatic N) is 8. The van der Waals surface area contributed by atoms with E-state index in [1.165, 1.54) is 11.3 Å². The van der Waals surface area contributed by atoms with E-state index in [9.17, 15) is 20.2 Å². The molecule has 13 heteroatoms. The van der Waals surface area contributed by atoms with Crippen LogP contribution in [0, 0.1) is 34.0 Å². The molecule has 3 atom stereocenters. The van der Waals surface area contributed by atoms with Gasteiger partial charge < -0.3 is 20.3 Å². The molecule has 0 radical (unpaired) electrons. The Bertz CT molecular complexity index is 1470. The Morgan fingerprint density at radius 2 is 2.02 bits per heavy atom. The maximum Gasteiger partial charge on any atom is 0.320 e. The average molecular weight is 580 g/mol. The SMILES string of the molecule is CC(CC#N)N(C)c1nc(OC[C@@]23CCCN2C[C@H](F)C3)nc(N2CC3(C2)SCc2sc(N)c(C#N)c23)c1C#N. The normalized spacial score (nSPS) is 25.0. The molecule has 10 nitrogen and oxygen atoms in total. The third-order valence-electron chi connectivity index (χ3n) is 8.82. The van der Waals surface area contributed by atoms with Crippen LogP contribution in [0.3, 0.4) is 0 Å². The summed E-state index contributed by atoms with van der Waals surface area (Å²) < 4.78 is 20.3. The molecular weight excluding hydrogens is 549 g/mol. The molecule has 208 valence electrons. The lowest BCUT2D eigenvalue weighted by Gasteiger charge is -2.48. The number of ether oxygens (including phenoxy) is 1. The van der Waals surface area contributed by atoms with E-state index in [0.717, 1.165) is 35.6 Å². The number of anilines is 3. The molecular formula is C27H30FN9OS2. The van der Waals surface area contributed by atoms with Crippen LogP contribution in [0.15, 0.2) is 0 Å². The maximum atomic E-state index is 14.3. The minimum absolute atomic E-state index is 0.141. The Morgan fingerprint density at radius 1 is 1.25 bits per heavy atom. The van der Waals surface area contributed by atoms with Crippen LogP contribution < -0.4 is 20.3 Å². The van der Waals surface area contributed by atoms with Gasteiger partial charge in [-0.1, -0.05) is 0 Å². The quantitative estimate of drug-likeness (QED) is 0.515. The smallest absolute Gasteiger partial charge is 0.320 e. The van der Waals surface area contributed by atoms with Crippen molar-refractivity contribution >= 4 is 39.7 Å². The van der Waals surface area contributed by atoms with Crippen molar-refractivity contribution < 1.29 is 9.13 Å². The monoisotopic (exact) mass is 579 g/mol. The summed E-state index contributed by atoms with van der Waals surface area (Å²) >= 11 is 3.28. The van der Waals surface area contributed by atoms with Crippen LogP contribution in [0.4, 0.5) is 21.0 Å². The van der Waals surface area contributed by atoms with Gasteiger partial charge in [0, 0.05) is 55.3 Å². The van der Waals surface area contributed by atoms with Gasteiger partial charge in [-0.3, -0.25) is 4.90 Å². The molecule has 4 aliphatic rings. The van der Waals surface area contributed by atoms with Gasteiger partial charge in [-0.15, -0.1) is 23.1 Å². The second-order valence-electron chi connectivity index (χ2n) is 11.2. The number of rotatable bonds is 7. The average Bonchev–Trinajstić information content (AvgIpc) is 3.63. The summed E-state index contributed by atoms with van der Waals surface area (Å²) in [5, 5.41) is 29.9. The predicted octanol–water partition coefficient (Wildman–Crippen LogP) is 3.52. The van der Waals surface area contributed by atoms with E-state index in [1.807, 2.05) is 23.8 Å². The number of thioether (sulfide) groups is 1. The van der Waals surface area contributed by atoms with Gasteiger partial charge in [0.2, 0.25) is 0 Å². The third-order valence-corrected chi connectivity index (χ3v) is 11.5. The van der Waals surface area contributed by atoms with Gasteiger partial charge in [-0.25, -0.2) is 4.39 Å².